The van der Waals surface area contributed by atoms with Crippen LogP contribution in [0.2, 0.25) is 0 Å². The zero-order chi connectivity index (χ0) is 12.3. The van der Waals surface area contributed by atoms with Crippen molar-refractivity contribution in [2.45, 2.75) is 6.42 Å². The highest BCUT2D eigenvalue weighted by Crippen LogP contribution is 2.38. The molecule has 0 saturated heterocycles. The summed E-state index contributed by atoms with van der Waals surface area (Å²) < 4.78 is 4.73. The minimum Gasteiger partial charge on any atom is -0.386 e. The molecule has 2 aliphatic rings. The van der Waals surface area contributed by atoms with Crippen LogP contribution in [0.1, 0.15) is 26.3 Å². The van der Waals surface area contributed by atoms with E-state index in [4.69, 9.17) is 4.74 Å². The minimum absolute atomic E-state index is 0.429. The molecule has 0 amide bonds. The molecule has 4 nitrogen and oxygen atoms in total. The summed E-state index contributed by atoms with van der Waals surface area (Å²) in [5.74, 6) is -1.16. The number of nitrogens with zero attached hydrogens (tertiary/aromatic N) is 1. The topological polar surface area (TPSA) is 55.7 Å². The average Bonchev–Trinajstić information content (AvgIpc) is 2.83. The number of fused-ring (bicyclic) bond motifs is 2. The van der Waals surface area contributed by atoms with E-state index >= 15 is 0 Å². The molecular formula is C14H7NO3. The summed E-state index contributed by atoms with van der Waals surface area (Å²) in [5, 5.41) is 1.62. The zero-order valence-corrected chi connectivity index (χ0v) is 9.27. The average molecular weight is 237 g/mol. The molecule has 18 heavy (non-hydrogen) atoms. The molecule has 86 valence electrons. The first kappa shape index (κ1) is 9.53. The maximum atomic E-state index is 11.8. The van der Waals surface area contributed by atoms with E-state index in [2.05, 4.69) is 4.99 Å². The van der Waals surface area contributed by atoms with Crippen molar-refractivity contribution in [3.05, 3.63) is 41.0 Å². The number of hydrogen-bond acceptors (Lipinski definition) is 4. The molecule has 0 aromatic heterocycles. The Morgan fingerprint density at radius 1 is 1.11 bits per heavy atom. The van der Waals surface area contributed by atoms with Crippen molar-refractivity contribution in [1.29, 1.82) is 0 Å². The van der Waals surface area contributed by atoms with Crippen molar-refractivity contribution >= 4 is 34.6 Å². The smallest absolute Gasteiger partial charge is 0.346 e. The van der Waals surface area contributed by atoms with Crippen LogP contribution in [0.4, 0.5) is 5.69 Å². The van der Waals surface area contributed by atoms with E-state index in [0.717, 1.165) is 23.1 Å². The molecule has 0 radical (unpaired) electrons. The lowest BCUT2D eigenvalue weighted by atomic mass is 9.92. The summed E-state index contributed by atoms with van der Waals surface area (Å²) >= 11 is 0. The standard InChI is InChI=1S/C14H7NO3/c16-13-9-3-1-2-8-7-4-5-15-11(7)6-10(12(8)9)14(17)18-13/h1-3,5-6H,4H2. The van der Waals surface area contributed by atoms with E-state index < -0.39 is 11.9 Å². The number of carbonyl (C=O) groups excluding carboxylic acids is 2. The third-order valence-corrected chi connectivity index (χ3v) is 3.40. The normalized spacial score (nSPS) is 16.0. The van der Waals surface area contributed by atoms with Gasteiger partial charge in [-0.15, -0.1) is 0 Å². The number of benzene rings is 2. The predicted molar refractivity (Wildman–Crippen MR) is 65.6 cm³/mol. The van der Waals surface area contributed by atoms with Gasteiger partial charge in [-0.1, -0.05) is 12.1 Å². The van der Waals surface area contributed by atoms with Gasteiger partial charge in [0, 0.05) is 18.0 Å². The van der Waals surface area contributed by atoms with Crippen LogP contribution in [0.25, 0.3) is 10.8 Å². The van der Waals surface area contributed by atoms with Crippen LogP contribution in [-0.2, 0) is 11.2 Å². The van der Waals surface area contributed by atoms with Crippen LogP contribution in [0, 0.1) is 0 Å². The van der Waals surface area contributed by atoms with Gasteiger partial charge in [0.2, 0.25) is 0 Å². The van der Waals surface area contributed by atoms with Crippen molar-refractivity contribution in [1.82, 2.24) is 0 Å². The Kier molecular flexibility index (Phi) is 1.61. The molecule has 0 fully saturated rings. The molecule has 0 unspecified atom stereocenters. The fraction of sp³-hybridized carbons (Fsp3) is 0.0714. The van der Waals surface area contributed by atoms with E-state index in [1.54, 1.807) is 18.2 Å². The van der Waals surface area contributed by atoms with Gasteiger partial charge in [-0.25, -0.2) is 9.59 Å². The maximum absolute atomic E-state index is 11.8. The monoisotopic (exact) mass is 237 g/mol. The Labute approximate surface area is 102 Å². The first-order valence-corrected chi connectivity index (χ1v) is 5.63. The summed E-state index contributed by atoms with van der Waals surface area (Å²) in [6, 6.07) is 7.11. The second kappa shape index (κ2) is 3.04. The molecule has 2 aromatic carbocycles. The Hall–Kier alpha value is -2.49. The van der Waals surface area contributed by atoms with Crippen LogP contribution in [-0.4, -0.2) is 18.2 Å². The number of hydrogen-bond donors (Lipinski definition) is 0. The lowest BCUT2D eigenvalue weighted by Gasteiger charge is -2.17. The summed E-state index contributed by atoms with van der Waals surface area (Å²) in [4.78, 5) is 27.7. The van der Waals surface area contributed by atoms with Gasteiger partial charge in [-0.05, 0) is 23.1 Å². The lowest BCUT2D eigenvalue weighted by Crippen LogP contribution is -2.19. The van der Waals surface area contributed by atoms with Gasteiger partial charge in [0.25, 0.3) is 0 Å². The minimum atomic E-state index is -0.589. The van der Waals surface area contributed by atoms with E-state index in [0.29, 0.717) is 16.5 Å². The third kappa shape index (κ3) is 1.02. The van der Waals surface area contributed by atoms with E-state index in [1.807, 2.05) is 12.3 Å². The van der Waals surface area contributed by atoms with Crippen molar-refractivity contribution in [3.63, 3.8) is 0 Å². The molecule has 2 aliphatic heterocycles. The van der Waals surface area contributed by atoms with E-state index in [-0.39, 0.29) is 0 Å². The number of aliphatic imine (C=N–C) groups is 1. The Balaban J connectivity index is 2.26. The van der Waals surface area contributed by atoms with Crippen LogP contribution < -0.4 is 0 Å². The molecule has 4 rings (SSSR count). The van der Waals surface area contributed by atoms with Crippen LogP contribution in [0.3, 0.4) is 0 Å². The summed E-state index contributed by atoms with van der Waals surface area (Å²) in [6.45, 7) is 0. The van der Waals surface area contributed by atoms with Gasteiger partial charge < -0.3 is 4.74 Å². The van der Waals surface area contributed by atoms with E-state index in [9.17, 15) is 9.59 Å². The molecule has 0 aliphatic carbocycles. The van der Waals surface area contributed by atoms with Gasteiger partial charge >= 0.3 is 11.9 Å². The molecule has 0 bridgehead atoms. The van der Waals surface area contributed by atoms with Crippen LogP contribution >= 0.6 is 0 Å². The second-order valence-electron chi connectivity index (χ2n) is 4.34. The van der Waals surface area contributed by atoms with Gasteiger partial charge in [-0.2, -0.15) is 0 Å². The SMILES string of the molecule is O=C1OC(=O)c2cc3c(c4cccc1c24)CC=N3. The molecular weight excluding hydrogens is 230 g/mol. The molecule has 2 heterocycles. The Bertz CT molecular complexity index is 774. The fourth-order valence-corrected chi connectivity index (χ4v) is 2.62. The quantitative estimate of drug-likeness (QED) is 0.522. The number of rotatable bonds is 0. The summed E-state index contributed by atoms with van der Waals surface area (Å²) in [7, 11) is 0. The first-order chi connectivity index (χ1) is 8.75. The third-order valence-electron chi connectivity index (χ3n) is 3.40. The Morgan fingerprint density at radius 3 is 2.83 bits per heavy atom. The van der Waals surface area contributed by atoms with Gasteiger partial charge in [0.15, 0.2) is 0 Å². The van der Waals surface area contributed by atoms with E-state index in [1.165, 1.54) is 0 Å². The number of cyclic esters (lactones) is 2. The molecule has 0 saturated carbocycles. The molecule has 0 N–H and O–H groups in total. The highest BCUT2D eigenvalue weighted by atomic mass is 16.6. The molecule has 0 atom stereocenters. The zero-order valence-electron chi connectivity index (χ0n) is 9.27. The predicted octanol–water partition coefficient (Wildman–Crippen LogP) is 2.41. The van der Waals surface area contributed by atoms with Gasteiger partial charge in [0.05, 0.1) is 16.8 Å². The largest absolute Gasteiger partial charge is 0.386 e. The van der Waals surface area contributed by atoms with Crippen LogP contribution in [0.15, 0.2) is 29.3 Å². The van der Waals surface area contributed by atoms with Gasteiger partial charge in [-0.3, -0.25) is 4.99 Å². The van der Waals surface area contributed by atoms with Gasteiger partial charge in [0.1, 0.15) is 0 Å². The highest BCUT2D eigenvalue weighted by molar-refractivity contribution is 6.22. The van der Waals surface area contributed by atoms with Crippen molar-refractivity contribution in [3.8, 4) is 0 Å². The van der Waals surface area contributed by atoms with Crippen molar-refractivity contribution in [2.24, 2.45) is 4.99 Å². The van der Waals surface area contributed by atoms with Crippen molar-refractivity contribution < 1.29 is 14.3 Å². The fourth-order valence-electron chi connectivity index (χ4n) is 2.62. The number of esters is 2. The second-order valence-corrected chi connectivity index (χ2v) is 4.34. The molecule has 2 aromatic rings. The van der Waals surface area contributed by atoms with Crippen LogP contribution in [0.5, 0.6) is 0 Å². The molecule has 0 spiro atoms. The van der Waals surface area contributed by atoms with Crippen molar-refractivity contribution in [2.75, 3.05) is 0 Å². The highest BCUT2D eigenvalue weighted by Gasteiger charge is 2.29. The number of ether oxygens (including phenoxy) is 1. The molecule has 4 heteroatoms. The lowest BCUT2D eigenvalue weighted by molar-refractivity contribution is 0.0391. The Morgan fingerprint density at radius 2 is 1.94 bits per heavy atom. The maximum Gasteiger partial charge on any atom is 0.346 e. The summed E-state index contributed by atoms with van der Waals surface area (Å²) in [5.41, 5.74) is 2.74. The summed E-state index contributed by atoms with van der Waals surface area (Å²) in [6.07, 6.45) is 2.55. The first-order valence-electron chi connectivity index (χ1n) is 5.63. The number of carbonyl (C=O) groups is 2.